The summed E-state index contributed by atoms with van der Waals surface area (Å²) in [4.78, 5) is 12.4. The van der Waals surface area contributed by atoms with Crippen molar-refractivity contribution in [1.29, 1.82) is 0 Å². The van der Waals surface area contributed by atoms with Gasteiger partial charge in [-0.15, -0.1) is 0 Å². The first-order valence-corrected chi connectivity index (χ1v) is 11.4. The van der Waals surface area contributed by atoms with Gasteiger partial charge in [0.2, 0.25) is 10.0 Å². The minimum absolute atomic E-state index is 0.152. The summed E-state index contributed by atoms with van der Waals surface area (Å²) in [7, 11) is -3.34. The van der Waals surface area contributed by atoms with E-state index in [1.165, 1.54) is 10.6 Å². The number of anilines is 1. The van der Waals surface area contributed by atoms with E-state index >= 15 is 0 Å². The molecule has 29 heavy (non-hydrogen) atoms. The zero-order valence-corrected chi connectivity index (χ0v) is 17.7. The average molecular weight is 419 g/mol. The quantitative estimate of drug-likeness (QED) is 0.666. The highest BCUT2D eigenvalue weighted by Crippen LogP contribution is 2.34. The highest BCUT2D eigenvalue weighted by Gasteiger charge is 2.32. The van der Waals surface area contributed by atoms with Crippen molar-refractivity contribution in [2.45, 2.75) is 26.3 Å². The van der Waals surface area contributed by atoms with Gasteiger partial charge in [-0.05, 0) is 68.3 Å². The predicted molar refractivity (Wildman–Crippen MR) is 112 cm³/mol. The Morgan fingerprint density at radius 3 is 2.41 bits per heavy atom. The second kappa shape index (κ2) is 8.73. The van der Waals surface area contributed by atoms with E-state index in [0.29, 0.717) is 43.2 Å². The SMILES string of the molecule is CCOc1ccc(OCCNC(=O)c2ccc3c(c2)C[C@H](C)N3S(C)(=O)=O)cc1. The van der Waals surface area contributed by atoms with Crippen LogP contribution in [0.5, 0.6) is 11.5 Å². The van der Waals surface area contributed by atoms with Crippen molar-refractivity contribution in [3.63, 3.8) is 0 Å². The zero-order chi connectivity index (χ0) is 21.0. The molecule has 2 aromatic carbocycles. The van der Waals surface area contributed by atoms with E-state index in [2.05, 4.69) is 5.32 Å². The molecule has 0 saturated heterocycles. The number of sulfonamides is 1. The molecule has 0 aromatic heterocycles. The minimum Gasteiger partial charge on any atom is -0.494 e. The van der Waals surface area contributed by atoms with Crippen molar-refractivity contribution < 1.29 is 22.7 Å². The first-order valence-electron chi connectivity index (χ1n) is 9.55. The van der Waals surface area contributed by atoms with Gasteiger partial charge in [0.05, 0.1) is 25.1 Å². The van der Waals surface area contributed by atoms with Crippen LogP contribution in [0.3, 0.4) is 0 Å². The summed E-state index contributed by atoms with van der Waals surface area (Å²) in [5.41, 5.74) is 2.02. The Hall–Kier alpha value is -2.74. The fraction of sp³-hybridized carbons (Fsp3) is 0.381. The van der Waals surface area contributed by atoms with Crippen molar-refractivity contribution in [3.8, 4) is 11.5 Å². The van der Waals surface area contributed by atoms with E-state index < -0.39 is 10.0 Å². The summed E-state index contributed by atoms with van der Waals surface area (Å²) in [5, 5.41) is 2.82. The highest BCUT2D eigenvalue weighted by atomic mass is 32.2. The smallest absolute Gasteiger partial charge is 0.251 e. The van der Waals surface area contributed by atoms with Crippen LogP contribution in [-0.4, -0.2) is 46.4 Å². The molecule has 0 bridgehead atoms. The summed E-state index contributed by atoms with van der Waals surface area (Å²) < 4.78 is 36.4. The average Bonchev–Trinajstić information content (AvgIpc) is 3.01. The predicted octanol–water partition coefficient (Wildman–Crippen LogP) is 2.60. The molecule has 1 heterocycles. The van der Waals surface area contributed by atoms with Crippen molar-refractivity contribution in [2.75, 3.05) is 30.3 Å². The van der Waals surface area contributed by atoms with Gasteiger partial charge >= 0.3 is 0 Å². The van der Waals surface area contributed by atoms with Crippen LogP contribution in [-0.2, 0) is 16.4 Å². The number of amides is 1. The lowest BCUT2D eigenvalue weighted by atomic mass is 10.1. The summed E-state index contributed by atoms with van der Waals surface area (Å²) in [6.45, 7) is 5.09. The summed E-state index contributed by atoms with van der Waals surface area (Å²) >= 11 is 0. The highest BCUT2D eigenvalue weighted by molar-refractivity contribution is 7.92. The maximum absolute atomic E-state index is 12.4. The maximum atomic E-state index is 12.4. The van der Waals surface area contributed by atoms with E-state index in [1.807, 2.05) is 38.1 Å². The van der Waals surface area contributed by atoms with Crippen molar-refractivity contribution in [3.05, 3.63) is 53.6 Å². The molecule has 1 aliphatic rings. The summed E-state index contributed by atoms with van der Waals surface area (Å²) in [6, 6.07) is 12.3. The molecule has 156 valence electrons. The normalized spacial score (nSPS) is 15.7. The number of nitrogens with one attached hydrogen (secondary N) is 1. The molecule has 3 rings (SSSR count). The molecule has 0 unspecified atom stereocenters. The van der Waals surface area contributed by atoms with Gasteiger partial charge < -0.3 is 14.8 Å². The largest absolute Gasteiger partial charge is 0.494 e. The molecule has 0 aliphatic carbocycles. The van der Waals surface area contributed by atoms with Gasteiger partial charge in [-0.3, -0.25) is 9.10 Å². The number of benzene rings is 2. The molecule has 0 saturated carbocycles. The van der Waals surface area contributed by atoms with Crippen LogP contribution in [0.1, 0.15) is 29.8 Å². The van der Waals surface area contributed by atoms with E-state index in [9.17, 15) is 13.2 Å². The van der Waals surface area contributed by atoms with Gasteiger partial charge in [-0.25, -0.2) is 8.42 Å². The molecule has 7 nitrogen and oxygen atoms in total. The molecule has 0 fully saturated rings. The Balaban J connectivity index is 1.53. The number of fused-ring (bicyclic) bond motifs is 1. The summed E-state index contributed by atoms with van der Waals surface area (Å²) in [6.07, 6.45) is 1.79. The minimum atomic E-state index is -3.34. The Bertz CT molecular complexity index is 973. The van der Waals surface area contributed by atoms with Crippen LogP contribution in [0, 0.1) is 0 Å². The fourth-order valence-corrected chi connectivity index (χ4v) is 4.75. The first-order chi connectivity index (χ1) is 13.8. The molecule has 1 amide bonds. The number of carbonyl (C=O) groups is 1. The first kappa shape index (κ1) is 21.0. The molecule has 0 radical (unpaired) electrons. The third-order valence-electron chi connectivity index (χ3n) is 4.64. The lowest BCUT2D eigenvalue weighted by Crippen LogP contribution is -2.34. The van der Waals surface area contributed by atoms with Crippen LogP contribution in [0.15, 0.2) is 42.5 Å². The van der Waals surface area contributed by atoms with Crippen LogP contribution < -0.4 is 19.1 Å². The Labute approximate surface area is 171 Å². The Morgan fingerprint density at radius 2 is 1.79 bits per heavy atom. The Morgan fingerprint density at radius 1 is 1.14 bits per heavy atom. The number of hydrogen-bond acceptors (Lipinski definition) is 5. The van der Waals surface area contributed by atoms with Crippen LogP contribution in [0.25, 0.3) is 0 Å². The maximum Gasteiger partial charge on any atom is 0.251 e. The third-order valence-corrected chi connectivity index (χ3v) is 5.91. The van der Waals surface area contributed by atoms with E-state index in [-0.39, 0.29) is 11.9 Å². The van der Waals surface area contributed by atoms with Crippen LogP contribution in [0.4, 0.5) is 5.69 Å². The van der Waals surface area contributed by atoms with E-state index in [4.69, 9.17) is 9.47 Å². The van der Waals surface area contributed by atoms with Crippen LogP contribution in [0.2, 0.25) is 0 Å². The van der Waals surface area contributed by atoms with Gasteiger partial charge in [0, 0.05) is 11.6 Å². The molecular weight excluding hydrogens is 392 g/mol. The molecular formula is C21H26N2O5S. The molecule has 1 aliphatic heterocycles. The van der Waals surface area contributed by atoms with E-state index in [1.54, 1.807) is 18.2 Å². The standard InChI is InChI=1S/C21H26N2O5S/c1-4-27-18-6-8-19(9-7-18)28-12-11-22-21(24)16-5-10-20-17(14-16)13-15(2)23(20)29(3,25)26/h5-10,14-15H,4,11-13H2,1-3H3,(H,22,24)/t15-/m0/s1. The van der Waals surface area contributed by atoms with Gasteiger partial charge in [0.1, 0.15) is 18.1 Å². The molecule has 1 atom stereocenters. The number of hydrogen-bond donors (Lipinski definition) is 1. The monoisotopic (exact) mass is 418 g/mol. The van der Waals surface area contributed by atoms with Gasteiger partial charge in [-0.1, -0.05) is 0 Å². The second-order valence-corrected chi connectivity index (χ2v) is 8.82. The number of rotatable bonds is 8. The topological polar surface area (TPSA) is 84.9 Å². The molecule has 8 heteroatoms. The molecule has 2 aromatic rings. The van der Waals surface area contributed by atoms with Crippen molar-refractivity contribution >= 4 is 21.6 Å². The number of carbonyl (C=O) groups excluding carboxylic acids is 1. The number of nitrogens with zero attached hydrogens (tertiary/aromatic N) is 1. The summed E-state index contributed by atoms with van der Waals surface area (Å²) in [5.74, 6) is 1.28. The van der Waals surface area contributed by atoms with E-state index in [0.717, 1.165) is 11.3 Å². The number of ether oxygens (including phenoxy) is 2. The third kappa shape index (κ3) is 5.00. The molecule has 0 spiro atoms. The van der Waals surface area contributed by atoms with Crippen molar-refractivity contribution in [1.82, 2.24) is 5.32 Å². The van der Waals surface area contributed by atoms with Gasteiger partial charge in [0.15, 0.2) is 0 Å². The van der Waals surface area contributed by atoms with Crippen molar-refractivity contribution in [2.24, 2.45) is 0 Å². The zero-order valence-electron chi connectivity index (χ0n) is 16.8. The lowest BCUT2D eigenvalue weighted by molar-refractivity contribution is 0.0947. The lowest BCUT2D eigenvalue weighted by Gasteiger charge is -2.21. The molecule has 1 N–H and O–H groups in total. The van der Waals surface area contributed by atoms with Crippen LogP contribution >= 0.6 is 0 Å². The van der Waals surface area contributed by atoms with Gasteiger partial charge in [-0.2, -0.15) is 0 Å². The second-order valence-electron chi connectivity index (χ2n) is 6.96. The Kier molecular flexibility index (Phi) is 6.32. The fourth-order valence-electron chi connectivity index (χ4n) is 3.48. The van der Waals surface area contributed by atoms with Gasteiger partial charge in [0.25, 0.3) is 5.91 Å².